The second-order valence-electron chi connectivity index (χ2n) is 4.48. The summed E-state index contributed by atoms with van der Waals surface area (Å²) in [6.07, 6.45) is 2.54. The smallest absolute Gasteiger partial charge is 0.188 e. The number of hydrogen-bond donors (Lipinski definition) is 0. The molecule has 0 saturated heterocycles. The minimum Gasteiger partial charge on any atom is -0.287 e. The summed E-state index contributed by atoms with van der Waals surface area (Å²) in [5.74, 6) is 0.871. The summed E-state index contributed by atoms with van der Waals surface area (Å²) in [7, 11) is 0. The first-order chi connectivity index (χ1) is 9.19. The molecular weight excluding hydrogens is 276 g/mol. The number of hydrogen-bond acceptors (Lipinski definition) is 2. The Labute approximate surface area is 123 Å². The Morgan fingerprint density at radius 1 is 1.16 bits per heavy atom. The maximum atomic E-state index is 11.4. The van der Waals surface area contributed by atoms with Crippen molar-refractivity contribution in [3.05, 3.63) is 47.0 Å². The minimum atomic E-state index is 0.301. The van der Waals surface area contributed by atoms with Gasteiger partial charge in [-0.1, -0.05) is 54.6 Å². The van der Waals surface area contributed by atoms with Crippen molar-refractivity contribution in [3.8, 4) is 0 Å². The Morgan fingerprint density at radius 2 is 1.89 bits per heavy atom. The van der Waals surface area contributed by atoms with Gasteiger partial charge in [0.15, 0.2) is 5.12 Å². The molecule has 0 aliphatic heterocycles. The van der Waals surface area contributed by atoms with Gasteiger partial charge in [-0.25, -0.2) is 0 Å². The van der Waals surface area contributed by atoms with E-state index in [9.17, 15) is 4.79 Å². The zero-order chi connectivity index (χ0) is 13.7. The SMILES string of the molecule is CCSC(=O)CCCc1ccc2cc(Cl)ccc2c1. The first-order valence-corrected chi connectivity index (χ1v) is 7.89. The van der Waals surface area contributed by atoms with Crippen molar-refractivity contribution >= 4 is 39.3 Å². The number of benzene rings is 2. The number of halogens is 1. The number of fused-ring (bicyclic) bond motifs is 1. The van der Waals surface area contributed by atoms with Gasteiger partial charge in [-0.05, 0) is 47.1 Å². The monoisotopic (exact) mass is 292 g/mol. The van der Waals surface area contributed by atoms with Crippen molar-refractivity contribution in [2.75, 3.05) is 5.75 Å². The van der Waals surface area contributed by atoms with E-state index in [0.29, 0.717) is 11.5 Å². The molecule has 0 aliphatic rings. The molecule has 2 aromatic carbocycles. The third kappa shape index (κ3) is 4.26. The fourth-order valence-electron chi connectivity index (χ4n) is 2.09. The van der Waals surface area contributed by atoms with Crippen LogP contribution in [0, 0.1) is 0 Å². The predicted octanol–water partition coefficient (Wildman–Crippen LogP) is 5.10. The van der Waals surface area contributed by atoms with E-state index in [1.54, 1.807) is 0 Å². The zero-order valence-corrected chi connectivity index (χ0v) is 12.6. The summed E-state index contributed by atoms with van der Waals surface area (Å²) in [6.45, 7) is 2.01. The zero-order valence-electron chi connectivity index (χ0n) is 11.0. The molecule has 0 radical (unpaired) electrons. The molecule has 0 spiro atoms. The summed E-state index contributed by atoms with van der Waals surface area (Å²) in [5.41, 5.74) is 1.28. The average Bonchev–Trinajstić information content (AvgIpc) is 2.39. The predicted molar refractivity (Wildman–Crippen MR) is 85.0 cm³/mol. The van der Waals surface area contributed by atoms with E-state index in [2.05, 4.69) is 18.2 Å². The molecule has 0 saturated carbocycles. The topological polar surface area (TPSA) is 17.1 Å². The van der Waals surface area contributed by atoms with Crippen LogP contribution >= 0.6 is 23.4 Å². The summed E-state index contributed by atoms with van der Waals surface area (Å²) in [6, 6.07) is 12.3. The number of aryl methyl sites for hydroxylation is 1. The lowest BCUT2D eigenvalue weighted by Gasteiger charge is -2.04. The molecule has 2 rings (SSSR count). The molecule has 0 amide bonds. The van der Waals surface area contributed by atoms with Crippen molar-refractivity contribution in [3.63, 3.8) is 0 Å². The maximum Gasteiger partial charge on any atom is 0.188 e. The normalized spacial score (nSPS) is 10.8. The van der Waals surface area contributed by atoms with E-state index in [1.165, 1.54) is 22.7 Å². The van der Waals surface area contributed by atoms with Gasteiger partial charge in [0.2, 0.25) is 0 Å². The first-order valence-electron chi connectivity index (χ1n) is 6.53. The fraction of sp³-hybridized carbons (Fsp3) is 0.312. The number of thioether (sulfide) groups is 1. The van der Waals surface area contributed by atoms with Crippen LogP contribution in [0.1, 0.15) is 25.3 Å². The molecule has 0 atom stereocenters. The Morgan fingerprint density at radius 3 is 2.68 bits per heavy atom. The van der Waals surface area contributed by atoms with E-state index in [1.807, 2.05) is 25.1 Å². The summed E-state index contributed by atoms with van der Waals surface area (Å²) >= 11 is 7.38. The van der Waals surface area contributed by atoms with Crippen LogP contribution in [0.15, 0.2) is 36.4 Å². The van der Waals surface area contributed by atoms with Crippen molar-refractivity contribution in [2.45, 2.75) is 26.2 Å². The third-order valence-electron chi connectivity index (χ3n) is 3.02. The summed E-state index contributed by atoms with van der Waals surface area (Å²) in [5, 5.41) is 3.43. The van der Waals surface area contributed by atoms with Gasteiger partial charge in [0.1, 0.15) is 0 Å². The standard InChI is InChI=1S/C16H17ClOS/c1-2-19-16(18)5-3-4-12-6-7-14-11-15(17)9-8-13(14)10-12/h6-11H,2-5H2,1H3. The van der Waals surface area contributed by atoms with Gasteiger partial charge in [-0.2, -0.15) is 0 Å². The molecule has 19 heavy (non-hydrogen) atoms. The molecule has 3 heteroatoms. The molecule has 0 fully saturated rings. The average molecular weight is 293 g/mol. The van der Waals surface area contributed by atoms with Crippen LogP contribution in [-0.2, 0) is 11.2 Å². The second-order valence-corrected chi connectivity index (χ2v) is 6.24. The first kappa shape index (κ1) is 14.4. The highest BCUT2D eigenvalue weighted by atomic mass is 35.5. The number of carbonyl (C=O) groups excluding carboxylic acids is 1. The molecule has 0 aromatic heterocycles. The molecule has 0 bridgehead atoms. The Hall–Kier alpha value is -0.990. The van der Waals surface area contributed by atoms with Crippen molar-refractivity contribution in [1.29, 1.82) is 0 Å². The van der Waals surface area contributed by atoms with Crippen LogP contribution in [0.3, 0.4) is 0 Å². The van der Waals surface area contributed by atoms with Gasteiger partial charge in [-0.15, -0.1) is 0 Å². The molecule has 1 nitrogen and oxygen atoms in total. The van der Waals surface area contributed by atoms with Gasteiger partial charge >= 0.3 is 0 Å². The Bertz CT molecular complexity index is 580. The van der Waals surface area contributed by atoms with Crippen LogP contribution < -0.4 is 0 Å². The third-order valence-corrected chi connectivity index (χ3v) is 4.07. The molecule has 0 unspecified atom stereocenters. The molecule has 0 N–H and O–H groups in total. The van der Waals surface area contributed by atoms with Gasteiger partial charge in [-0.3, -0.25) is 4.79 Å². The quantitative estimate of drug-likeness (QED) is 0.763. The van der Waals surface area contributed by atoms with Crippen LogP contribution in [0.4, 0.5) is 0 Å². The largest absolute Gasteiger partial charge is 0.287 e. The highest BCUT2D eigenvalue weighted by Gasteiger charge is 2.02. The second kappa shape index (κ2) is 6.97. The minimum absolute atomic E-state index is 0.301. The molecule has 2 aromatic rings. The lowest BCUT2D eigenvalue weighted by atomic mass is 10.0. The highest BCUT2D eigenvalue weighted by Crippen LogP contribution is 2.21. The highest BCUT2D eigenvalue weighted by molar-refractivity contribution is 8.13. The number of carbonyl (C=O) groups is 1. The van der Waals surface area contributed by atoms with E-state index in [4.69, 9.17) is 11.6 Å². The van der Waals surface area contributed by atoms with E-state index in [-0.39, 0.29) is 0 Å². The van der Waals surface area contributed by atoms with Crippen molar-refractivity contribution < 1.29 is 4.79 Å². The summed E-state index contributed by atoms with van der Waals surface area (Å²) in [4.78, 5) is 11.4. The fourth-order valence-corrected chi connectivity index (χ4v) is 2.88. The van der Waals surface area contributed by atoms with Crippen LogP contribution in [0.2, 0.25) is 5.02 Å². The van der Waals surface area contributed by atoms with Crippen LogP contribution in [0.5, 0.6) is 0 Å². The lowest BCUT2D eigenvalue weighted by molar-refractivity contribution is -0.111. The number of rotatable bonds is 5. The maximum absolute atomic E-state index is 11.4. The van der Waals surface area contributed by atoms with Gasteiger partial charge in [0, 0.05) is 11.4 Å². The lowest BCUT2D eigenvalue weighted by Crippen LogP contribution is -1.94. The van der Waals surface area contributed by atoms with Crippen molar-refractivity contribution in [2.24, 2.45) is 0 Å². The summed E-state index contributed by atoms with van der Waals surface area (Å²) < 4.78 is 0. The van der Waals surface area contributed by atoms with Crippen molar-refractivity contribution in [1.82, 2.24) is 0 Å². The Balaban J connectivity index is 1.98. The Kier molecular flexibility index (Phi) is 5.29. The molecule has 0 aliphatic carbocycles. The van der Waals surface area contributed by atoms with Crippen LogP contribution in [-0.4, -0.2) is 10.9 Å². The van der Waals surface area contributed by atoms with Crippen LogP contribution in [0.25, 0.3) is 10.8 Å². The van der Waals surface area contributed by atoms with Gasteiger partial charge in [0.25, 0.3) is 0 Å². The molecule has 0 heterocycles. The van der Waals surface area contributed by atoms with E-state index >= 15 is 0 Å². The van der Waals surface area contributed by atoms with E-state index in [0.717, 1.165) is 29.0 Å². The molecule has 100 valence electrons. The molecular formula is C16H17ClOS. The van der Waals surface area contributed by atoms with Gasteiger partial charge in [0.05, 0.1) is 0 Å². The van der Waals surface area contributed by atoms with E-state index < -0.39 is 0 Å². The van der Waals surface area contributed by atoms with Gasteiger partial charge < -0.3 is 0 Å².